The third-order valence-corrected chi connectivity index (χ3v) is 2.84. The molecule has 114 valence electrons. The van der Waals surface area contributed by atoms with Gasteiger partial charge in [-0.2, -0.15) is 27.2 Å². The van der Waals surface area contributed by atoms with Crippen LogP contribution in [0.1, 0.15) is 11.1 Å². The average molecular weight is 313 g/mol. The highest BCUT2D eigenvalue weighted by atomic mass is 19.4. The number of hydrogen-bond donors (Lipinski definition) is 0. The second-order valence-corrected chi connectivity index (χ2v) is 4.28. The van der Waals surface area contributed by atoms with Gasteiger partial charge in [0.1, 0.15) is 11.8 Å². The minimum absolute atomic E-state index is 0.185. The van der Waals surface area contributed by atoms with Gasteiger partial charge in [-0.25, -0.2) is 0 Å². The van der Waals surface area contributed by atoms with Crippen LogP contribution >= 0.6 is 0 Å². The summed E-state index contributed by atoms with van der Waals surface area (Å²) in [4.78, 5) is 0. The van der Waals surface area contributed by atoms with Gasteiger partial charge in [0, 0.05) is 0 Å². The van der Waals surface area contributed by atoms with E-state index in [9.17, 15) is 22.0 Å². The van der Waals surface area contributed by atoms with E-state index in [2.05, 4.69) is 4.74 Å². The third-order valence-electron chi connectivity index (χ3n) is 2.84. The first-order valence-corrected chi connectivity index (χ1v) is 5.98. The number of alkyl halides is 5. The number of ether oxygens (including phenoxy) is 1. The molecule has 2 aromatic rings. The Hall–Kier alpha value is -2.62. The second kappa shape index (κ2) is 6.02. The van der Waals surface area contributed by atoms with E-state index >= 15 is 0 Å². The van der Waals surface area contributed by atoms with Crippen molar-refractivity contribution in [3.8, 4) is 22.9 Å². The van der Waals surface area contributed by atoms with Gasteiger partial charge in [-0.1, -0.05) is 18.2 Å². The fourth-order valence-electron chi connectivity index (χ4n) is 1.87. The highest BCUT2D eigenvalue weighted by Gasteiger charge is 2.30. The van der Waals surface area contributed by atoms with Crippen molar-refractivity contribution in [2.24, 2.45) is 0 Å². The van der Waals surface area contributed by atoms with Crippen molar-refractivity contribution >= 4 is 0 Å². The van der Waals surface area contributed by atoms with Crippen molar-refractivity contribution in [1.29, 1.82) is 5.26 Å². The van der Waals surface area contributed by atoms with Crippen molar-refractivity contribution < 1.29 is 26.7 Å². The summed E-state index contributed by atoms with van der Waals surface area (Å²) in [6.07, 6.45) is -4.49. The minimum atomic E-state index is -4.49. The molecule has 0 aliphatic heterocycles. The predicted octanol–water partition coefficient (Wildman–Crippen LogP) is 4.85. The molecule has 0 aromatic heterocycles. The van der Waals surface area contributed by atoms with E-state index in [-0.39, 0.29) is 16.9 Å². The predicted molar refractivity (Wildman–Crippen MR) is 68.2 cm³/mol. The van der Waals surface area contributed by atoms with E-state index in [4.69, 9.17) is 5.26 Å². The largest absolute Gasteiger partial charge is 0.433 e. The zero-order valence-electron chi connectivity index (χ0n) is 10.9. The molecule has 0 N–H and O–H groups in total. The monoisotopic (exact) mass is 313 g/mol. The van der Waals surface area contributed by atoms with Crippen LogP contribution in [0.3, 0.4) is 0 Å². The molecule has 0 saturated carbocycles. The molecule has 2 nitrogen and oxygen atoms in total. The summed E-state index contributed by atoms with van der Waals surface area (Å²) in [5.41, 5.74) is -0.509. The van der Waals surface area contributed by atoms with Crippen LogP contribution in [0.5, 0.6) is 5.75 Å². The van der Waals surface area contributed by atoms with Crippen molar-refractivity contribution in [2.75, 3.05) is 0 Å². The van der Waals surface area contributed by atoms with E-state index in [1.165, 1.54) is 24.3 Å². The molecular formula is C15H8F5NO. The number of nitrogens with zero attached hydrogens (tertiary/aromatic N) is 1. The molecule has 0 atom stereocenters. The molecule has 0 radical (unpaired) electrons. The van der Waals surface area contributed by atoms with Crippen molar-refractivity contribution in [1.82, 2.24) is 0 Å². The molecule has 22 heavy (non-hydrogen) atoms. The van der Waals surface area contributed by atoms with E-state index in [1.807, 2.05) is 0 Å². The van der Waals surface area contributed by atoms with Crippen LogP contribution in [0, 0.1) is 11.3 Å². The lowest BCUT2D eigenvalue weighted by molar-refractivity contribution is -0.137. The Morgan fingerprint density at radius 1 is 1.00 bits per heavy atom. The topological polar surface area (TPSA) is 33.0 Å². The van der Waals surface area contributed by atoms with E-state index in [1.54, 1.807) is 6.07 Å². The number of halogens is 5. The van der Waals surface area contributed by atoms with Crippen LogP contribution in [0.25, 0.3) is 11.1 Å². The molecular weight excluding hydrogens is 305 g/mol. The van der Waals surface area contributed by atoms with Crippen LogP contribution in [0.2, 0.25) is 0 Å². The number of rotatable bonds is 3. The van der Waals surface area contributed by atoms with Gasteiger partial charge >= 0.3 is 12.8 Å². The standard InChI is InChI=1S/C15H8F5NO/c16-14(17)22-13-5-4-10(6-11(13)8-21)9-2-1-3-12(7-9)15(18,19)20/h1-7,14H. The molecule has 0 spiro atoms. The molecule has 0 unspecified atom stereocenters. The summed E-state index contributed by atoms with van der Waals surface area (Å²) in [5.74, 6) is -0.326. The Balaban J connectivity index is 2.44. The minimum Gasteiger partial charge on any atom is -0.433 e. The van der Waals surface area contributed by atoms with E-state index in [0.717, 1.165) is 18.2 Å². The summed E-state index contributed by atoms with van der Waals surface area (Å²) in [5, 5.41) is 8.93. The maximum atomic E-state index is 12.7. The summed E-state index contributed by atoms with van der Waals surface area (Å²) >= 11 is 0. The summed E-state index contributed by atoms with van der Waals surface area (Å²) < 4.78 is 66.6. The van der Waals surface area contributed by atoms with Gasteiger partial charge in [-0.3, -0.25) is 0 Å². The lowest BCUT2D eigenvalue weighted by Crippen LogP contribution is -2.05. The summed E-state index contributed by atoms with van der Waals surface area (Å²) in [6, 6.07) is 9.82. The van der Waals surface area contributed by atoms with Gasteiger partial charge in [-0.15, -0.1) is 0 Å². The average Bonchev–Trinajstić information content (AvgIpc) is 2.46. The maximum Gasteiger partial charge on any atom is 0.416 e. The van der Waals surface area contributed by atoms with Crippen LogP contribution in [-0.4, -0.2) is 6.61 Å². The van der Waals surface area contributed by atoms with Gasteiger partial charge < -0.3 is 4.74 Å². The first-order valence-electron chi connectivity index (χ1n) is 5.98. The van der Waals surface area contributed by atoms with Gasteiger partial charge in [-0.05, 0) is 35.4 Å². The number of hydrogen-bond acceptors (Lipinski definition) is 2. The number of benzene rings is 2. The fraction of sp³-hybridized carbons (Fsp3) is 0.133. The molecule has 0 fully saturated rings. The van der Waals surface area contributed by atoms with Crippen LogP contribution < -0.4 is 4.74 Å². The Labute approximate surface area is 122 Å². The Bertz CT molecular complexity index is 719. The van der Waals surface area contributed by atoms with Crippen molar-refractivity contribution in [2.45, 2.75) is 12.8 Å². The molecule has 0 aliphatic rings. The fourth-order valence-corrected chi connectivity index (χ4v) is 1.87. The Morgan fingerprint density at radius 3 is 2.27 bits per heavy atom. The van der Waals surface area contributed by atoms with Crippen LogP contribution in [0.4, 0.5) is 22.0 Å². The quantitative estimate of drug-likeness (QED) is 0.759. The van der Waals surface area contributed by atoms with E-state index < -0.39 is 18.4 Å². The highest BCUT2D eigenvalue weighted by Crippen LogP contribution is 2.33. The molecule has 7 heteroatoms. The summed E-state index contributed by atoms with van der Waals surface area (Å²) in [6.45, 7) is -3.09. The van der Waals surface area contributed by atoms with Crippen molar-refractivity contribution in [3.05, 3.63) is 53.6 Å². The molecule has 0 saturated heterocycles. The molecule has 0 amide bonds. The zero-order valence-corrected chi connectivity index (χ0v) is 10.9. The van der Waals surface area contributed by atoms with Gasteiger partial charge in [0.2, 0.25) is 0 Å². The van der Waals surface area contributed by atoms with Gasteiger partial charge in [0.25, 0.3) is 0 Å². The lowest BCUT2D eigenvalue weighted by atomic mass is 10.0. The molecule has 0 aliphatic carbocycles. The maximum absolute atomic E-state index is 12.7. The molecule has 0 heterocycles. The molecule has 0 bridgehead atoms. The lowest BCUT2D eigenvalue weighted by Gasteiger charge is -2.11. The third kappa shape index (κ3) is 3.52. The number of nitriles is 1. The smallest absolute Gasteiger partial charge is 0.416 e. The van der Waals surface area contributed by atoms with Gasteiger partial charge in [0.15, 0.2) is 0 Å². The first-order chi connectivity index (χ1) is 10.3. The molecule has 2 rings (SSSR count). The highest BCUT2D eigenvalue weighted by molar-refractivity contribution is 5.68. The zero-order chi connectivity index (χ0) is 16.3. The first kappa shape index (κ1) is 15.8. The van der Waals surface area contributed by atoms with E-state index in [0.29, 0.717) is 5.56 Å². The summed E-state index contributed by atoms with van der Waals surface area (Å²) in [7, 11) is 0. The normalized spacial score (nSPS) is 11.3. The van der Waals surface area contributed by atoms with Crippen LogP contribution in [-0.2, 0) is 6.18 Å². The Morgan fingerprint density at radius 2 is 1.68 bits per heavy atom. The molecule has 2 aromatic carbocycles. The van der Waals surface area contributed by atoms with Crippen LogP contribution in [0.15, 0.2) is 42.5 Å². The SMILES string of the molecule is N#Cc1cc(-c2cccc(C(F)(F)F)c2)ccc1OC(F)F. The van der Waals surface area contributed by atoms with Crippen molar-refractivity contribution in [3.63, 3.8) is 0 Å². The Kier molecular flexibility index (Phi) is 4.31. The van der Waals surface area contributed by atoms with Gasteiger partial charge in [0.05, 0.1) is 11.1 Å². The second-order valence-electron chi connectivity index (χ2n) is 4.28.